The van der Waals surface area contributed by atoms with Crippen LogP contribution in [0.3, 0.4) is 0 Å². The number of nitrogens with zero attached hydrogens (tertiary/aromatic N) is 2. The number of carbonyl (C=O) groups is 2. The molecule has 2 heterocycles. The van der Waals surface area contributed by atoms with Crippen molar-refractivity contribution >= 4 is 34.9 Å². The Morgan fingerprint density at radius 1 is 1.04 bits per heavy atom. The number of benzene rings is 1. The summed E-state index contributed by atoms with van der Waals surface area (Å²) >= 11 is 3.13. The van der Waals surface area contributed by atoms with Crippen molar-refractivity contribution in [2.75, 3.05) is 45.0 Å². The van der Waals surface area contributed by atoms with Crippen LogP contribution < -0.4 is 5.32 Å². The molecule has 0 spiro atoms. The Morgan fingerprint density at radius 2 is 1.81 bits per heavy atom. The average Bonchev–Trinajstić information content (AvgIpc) is 3.24. The van der Waals surface area contributed by atoms with Gasteiger partial charge in [-0.25, -0.2) is 0 Å². The zero-order valence-electron chi connectivity index (χ0n) is 15.3. The molecule has 0 unspecified atom stereocenters. The Bertz CT molecular complexity index is 714. The minimum atomic E-state index is 0.0856. The second-order valence-electron chi connectivity index (χ2n) is 6.44. The fraction of sp³-hybridized carbons (Fsp3) is 0.400. The van der Waals surface area contributed by atoms with Crippen LogP contribution in [0.5, 0.6) is 0 Å². The quantitative estimate of drug-likeness (QED) is 0.736. The Hall–Kier alpha value is -1.83. The third-order valence-electron chi connectivity index (χ3n) is 4.49. The minimum Gasteiger partial charge on any atom is -0.354 e. The van der Waals surface area contributed by atoms with Crippen LogP contribution in [-0.4, -0.2) is 66.6 Å². The third-order valence-corrected chi connectivity index (χ3v) is 6.35. The lowest BCUT2D eigenvalue weighted by Gasteiger charge is -2.34. The van der Waals surface area contributed by atoms with Crippen LogP contribution in [-0.2, 0) is 10.5 Å². The highest BCUT2D eigenvalue weighted by Crippen LogP contribution is 2.14. The molecule has 0 atom stereocenters. The maximum absolute atomic E-state index is 12.3. The fourth-order valence-electron chi connectivity index (χ4n) is 2.97. The van der Waals surface area contributed by atoms with Gasteiger partial charge >= 0.3 is 0 Å². The van der Waals surface area contributed by atoms with E-state index in [4.69, 9.17) is 0 Å². The molecule has 2 aromatic rings. The second kappa shape index (κ2) is 10.5. The third kappa shape index (κ3) is 6.37. The number of piperazine rings is 1. The minimum absolute atomic E-state index is 0.0856. The Labute approximate surface area is 168 Å². The number of rotatable bonds is 8. The highest BCUT2D eigenvalue weighted by Gasteiger charge is 2.22. The molecule has 1 aromatic heterocycles. The molecule has 0 aliphatic carbocycles. The van der Waals surface area contributed by atoms with Crippen molar-refractivity contribution in [3.8, 4) is 0 Å². The number of hydrogen-bond acceptors (Lipinski definition) is 5. The van der Waals surface area contributed by atoms with Gasteiger partial charge in [-0.15, -0.1) is 23.1 Å². The monoisotopic (exact) mass is 403 g/mol. The molecule has 5 nitrogen and oxygen atoms in total. The summed E-state index contributed by atoms with van der Waals surface area (Å²) in [5, 5.41) is 4.93. The van der Waals surface area contributed by atoms with Gasteiger partial charge in [0.05, 0.1) is 10.6 Å². The molecule has 2 amide bonds. The lowest BCUT2D eigenvalue weighted by atomic mass is 10.2. The molecule has 27 heavy (non-hydrogen) atoms. The van der Waals surface area contributed by atoms with Gasteiger partial charge in [0.2, 0.25) is 5.91 Å². The van der Waals surface area contributed by atoms with Gasteiger partial charge in [0.15, 0.2) is 0 Å². The smallest absolute Gasteiger partial charge is 0.264 e. The summed E-state index contributed by atoms with van der Waals surface area (Å²) in [7, 11) is 0. The van der Waals surface area contributed by atoms with Gasteiger partial charge < -0.3 is 10.2 Å². The predicted molar refractivity (Wildman–Crippen MR) is 112 cm³/mol. The Balaban J connectivity index is 1.27. The maximum atomic E-state index is 12.3. The van der Waals surface area contributed by atoms with Crippen molar-refractivity contribution in [2.24, 2.45) is 0 Å². The van der Waals surface area contributed by atoms with Gasteiger partial charge in [-0.2, -0.15) is 0 Å². The van der Waals surface area contributed by atoms with Crippen LogP contribution in [0.15, 0.2) is 47.8 Å². The summed E-state index contributed by atoms with van der Waals surface area (Å²) < 4.78 is 0. The zero-order chi connectivity index (χ0) is 18.9. The molecule has 1 aliphatic rings. The molecule has 1 saturated heterocycles. The van der Waals surface area contributed by atoms with E-state index in [0.29, 0.717) is 12.3 Å². The summed E-state index contributed by atoms with van der Waals surface area (Å²) in [6, 6.07) is 14.0. The van der Waals surface area contributed by atoms with E-state index in [9.17, 15) is 9.59 Å². The van der Waals surface area contributed by atoms with Gasteiger partial charge in [-0.05, 0) is 17.0 Å². The zero-order valence-corrected chi connectivity index (χ0v) is 16.9. The number of thiophene rings is 1. The van der Waals surface area contributed by atoms with Crippen molar-refractivity contribution in [2.45, 2.75) is 5.75 Å². The lowest BCUT2D eigenvalue weighted by molar-refractivity contribution is -0.118. The van der Waals surface area contributed by atoms with Crippen LogP contribution in [0.2, 0.25) is 0 Å². The van der Waals surface area contributed by atoms with Crippen LogP contribution >= 0.6 is 23.1 Å². The average molecular weight is 404 g/mol. The van der Waals surface area contributed by atoms with Gasteiger partial charge in [0, 0.05) is 45.0 Å². The van der Waals surface area contributed by atoms with E-state index < -0.39 is 0 Å². The number of carbonyl (C=O) groups excluding carboxylic acids is 2. The molecule has 0 saturated carbocycles. The Kier molecular flexibility index (Phi) is 7.74. The highest BCUT2D eigenvalue weighted by atomic mass is 32.2. The first-order valence-electron chi connectivity index (χ1n) is 9.16. The van der Waals surface area contributed by atoms with Crippen molar-refractivity contribution in [3.63, 3.8) is 0 Å². The normalized spacial score (nSPS) is 14.9. The molecule has 1 fully saturated rings. The molecular formula is C20H25N3O2S2. The first-order valence-corrected chi connectivity index (χ1v) is 11.2. The molecule has 7 heteroatoms. The summed E-state index contributed by atoms with van der Waals surface area (Å²) in [6.45, 7) is 4.69. The van der Waals surface area contributed by atoms with E-state index >= 15 is 0 Å². The maximum Gasteiger partial charge on any atom is 0.264 e. The van der Waals surface area contributed by atoms with E-state index in [1.165, 1.54) is 16.9 Å². The van der Waals surface area contributed by atoms with Crippen LogP contribution in [0.1, 0.15) is 15.2 Å². The van der Waals surface area contributed by atoms with Crippen molar-refractivity contribution in [1.82, 2.24) is 15.1 Å². The fourth-order valence-corrected chi connectivity index (χ4v) is 4.48. The summed E-state index contributed by atoms with van der Waals surface area (Å²) in [4.78, 5) is 29.3. The van der Waals surface area contributed by atoms with E-state index in [2.05, 4.69) is 22.3 Å². The number of thioether (sulfide) groups is 1. The molecule has 3 rings (SSSR count). The summed E-state index contributed by atoms with van der Waals surface area (Å²) in [5.74, 6) is 1.56. The molecule has 0 bridgehead atoms. The number of nitrogens with one attached hydrogen (secondary N) is 1. The van der Waals surface area contributed by atoms with Gasteiger partial charge in [-0.1, -0.05) is 36.4 Å². The first kappa shape index (κ1) is 19.9. The second-order valence-corrected chi connectivity index (χ2v) is 8.37. The topological polar surface area (TPSA) is 52.7 Å². The number of hydrogen-bond donors (Lipinski definition) is 1. The number of amides is 2. The van der Waals surface area contributed by atoms with Gasteiger partial charge in [0.1, 0.15) is 0 Å². The van der Waals surface area contributed by atoms with Gasteiger partial charge in [-0.3, -0.25) is 14.5 Å². The van der Waals surface area contributed by atoms with Crippen molar-refractivity contribution in [1.29, 1.82) is 0 Å². The van der Waals surface area contributed by atoms with Crippen LogP contribution in [0.4, 0.5) is 0 Å². The standard InChI is InChI=1S/C20H25N3O2S2/c24-19(16-26-15-17-5-2-1-3-6-17)21-8-9-22-10-12-23(13-11-22)20(25)18-7-4-14-27-18/h1-7,14H,8-13,15-16H2,(H,21,24). The Morgan fingerprint density at radius 3 is 2.52 bits per heavy atom. The molecule has 1 aromatic carbocycles. The molecule has 144 valence electrons. The van der Waals surface area contributed by atoms with E-state index in [0.717, 1.165) is 43.4 Å². The summed E-state index contributed by atoms with van der Waals surface area (Å²) in [6.07, 6.45) is 0. The van der Waals surface area contributed by atoms with E-state index in [1.807, 2.05) is 40.6 Å². The molecule has 1 aliphatic heterocycles. The predicted octanol–water partition coefficient (Wildman–Crippen LogP) is 2.56. The van der Waals surface area contributed by atoms with Crippen LogP contribution in [0, 0.1) is 0 Å². The van der Waals surface area contributed by atoms with Crippen molar-refractivity contribution < 1.29 is 9.59 Å². The summed E-state index contributed by atoms with van der Waals surface area (Å²) in [5.41, 5.74) is 1.24. The molecule has 1 N–H and O–H groups in total. The SMILES string of the molecule is O=C(CSCc1ccccc1)NCCN1CCN(C(=O)c2cccs2)CC1. The van der Waals surface area contributed by atoms with Crippen LogP contribution in [0.25, 0.3) is 0 Å². The van der Waals surface area contributed by atoms with Gasteiger partial charge in [0.25, 0.3) is 5.91 Å². The molecule has 0 radical (unpaired) electrons. The lowest BCUT2D eigenvalue weighted by Crippen LogP contribution is -2.50. The van der Waals surface area contributed by atoms with E-state index in [1.54, 1.807) is 11.8 Å². The first-order chi connectivity index (χ1) is 13.2. The van der Waals surface area contributed by atoms with Crippen molar-refractivity contribution in [3.05, 3.63) is 58.3 Å². The van der Waals surface area contributed by atoms with E-state index in [-0.39, 0.29) is 11.8 Å². The molecular weight excluding hydrogens is 378 g/mol. The largest absolute Gasteiger partial charge is 0.354 e. The highest BCUT2D eigenvalue weighted by molar-refractivity contribution is 7.99.